The van der Waals surface area contributed by atoms with Crippen molar-refractivity contribution in [2.24, 2.45) is 0 Å². The Hall–Kier alpha value is -2.75. The molecule has 8 nitrogen and oxygen atoms in total. The first-order valence-corrected chi connectivity index (χ1v) is 16.6. The van der Waals surface area contributed by atoms with Crippen LogP contribution in [0.3, 0.4) is 0 Å². The molecule has 5 unspecified atom stereocenters. The summed E-state index contributed by atoms with van der Waals surface area (Å²) in [6.45, 7) is 3.86. The number of ether oxygens (including phenoxy) is 4. The first-order valence-electron chi connectivity index (χ1n) is 15.5. The molecule has 2 spiro atoms. The van der Waals surface area contributed by atoms with Gasteiger partial charge in [-0.2, -0.15) is 0 Å². The van der Waals surface area contributed by atoms with E-state index in [4.69, 9.17) is 42.1 Å². The number of ketones is 1. The predicted molar refractivity (Wildman–Crippen MR) is 175 cm³/mol. The van der Waals surface area contributed by atoms with Gasteiger partial charge < -0.3 is 33.9 Å². The fraction of sp³-hybridized carbons (Fsp3) is 0.514. The Labute approximate surface area is 275 Å². The van der Waals surface area contributed by atoms with E-state index in [2.05, 4.69) is 48.2 Å². The van der Waals surface area contributed by atoms with Crippen LogP contribution < -0.4 is 18.9 Å². The average Bonchev–Trinajstić information content (AvgIpc) is 3.43. The minimum atomic E-state index is -0.412. The van der Waals surface area contributed by atoms with Crippen LogP contribution in [0.1, 0.15) is 47.9 Å². The van der Waals surface area contributed by atoms with E-state index in [1.807, 2.05) is 18.2 Å². The van der Waals surface area contributed by atoms with Crippen LogP contribution in [0.15, 0.2) is 48.6 Å². The molecule has 0 aromatic heterocycles. The molecule has 8 rings (SSSR count). The summed E-state index contributed by atoms with van der Waals surface area (Å²) in [6, 6.07) is 8.27. The van der Waals surface area contributed by atoms with E-state index in [0.717, 1.165) is 62.0 Å². The largest absolute Gasteiger partial charge is 0.493 e. The highest BCUT2D eigenvalue weighted by molar-refractivity contribution is 6.40. The third-order valence-corrected chi connectivity index (χ3v) is 10.2. The number of benzene rings is 2. The van der Waals surface area contributed by atoms with E-state index in [1.165, 1.54) is 22.3 Å². The number of alkyl halides is 2. The number of aliphatic hydroxyl groups excluding tert-OH is 1. The van der Waals surface area contributed by atoms with Crippen molar-refractivity contribution in [1.82, 2.24) is 9.80 Å². The summed E-state index contributed by atoms with van der Waals surface area (Å²) < 4.78 is 23.4. The molecule has 6 aliphatic rings. The number of aliphatic hydroxyl groups is 1. The number of hydrogen-bond acceptors (Lipinski definition) is 8. The van der Waals surface area contributed by atoms with E-state index in [9.17, 15) is 9.90 Å². The number of carbonyl (C=O) groups is 1. The Kier molecular flexibility index (Phi) is 9.16. The molecule has 45 heavy (non-hydrogen) atoms. The van der Waals surface area contributed by atoms with Gasteiger partial charge in [0.15, 0.2) is 28.8 Å². The maximum atomic E-state index is 11.8. The zero-order valence-electron chi connectivity index (χ0n) is 26.4. The summed E-state index contributed by atoms with van der Waals surface area (Å²) in [7, 11) is 7.65. The zero-order chi connectivity index (χ0) is 31.9. The van der Waals surface area contributed by atoms with Crippen LogP contribution in [0.4, 0.5) is 0 Å². The molecule has 0 bridgehead atoms. The first-order chi connectivity index (χ1) is 21.7. The number of halogens is 2. The van der Waals surface area contributed by atoms with Gasteiger partial charge in [-0.3, -0.25) is 4.79 Å². The van der Waals surface area contributed by atoms with Crippen LogP contribution >= 0.6 is 23.2 Å². The summed E-state index contributed by atoms with van der Waals surface area (Å²) in [5.41, 5.74) is 4.84. The van der Waals surface area contributed by atoms with Gasteiger partial charge in [0.2, 0.25) is 0 Å². The summed E-state index contributed by atoms with van der Waals surface area (Å²) >= 11 is 9.53. The summed E-state index contributed by atoms with van der Waals surface area (Å²) in [5, 5.41) is 10.2. The molecule has 2 aromatic rings. The number of nitrogens with zero attached hydrogens (tertiary/aromatic N) is 2. The second kappa shape index (κ2) is 12.8. The molecule has 4 aliphatic heterocycles. The van der Waals surface area contributed by atoms with Gasteiger partial charge in [-0.15, -0.1) is 23.2 Å². The lowest BCUT2D eigenvalue weighted by Crippen LogP contribution is -2.42. The lowest BCUT2D eigenvalue weighted by Gasteiger charge is -2.35. The maximum Gasteiger partial charge on any atom is 0.166 e. The van der Waals surface area contributed by atoms with Crippen molar-refractivity contribution >= 4 is 29.0 Å². The second-order valence-electron chi connectivity index (χ2n) is 12.8. The lowest BCUT2D eigenvalue weighted by molar-refractivity contribution is -0.117. The van der Waals surface area contributed by atoms with Crippen LogP contribution in [-0.2, 0) is 28.7 Å². The van der Waals surface area contributed by atoms with Crippen LogP contribution in [0.2, 0.25) is 0 Å². The van der Waals surface area contributed by atoms with Gasteiger partial charge in [-0.25, -0.2) is 0 Å². The lowest BCUT2D eigenvalue weighted by atomic mass is 9.69. The van der Waals surface area contributed by atoms with Crippen molar-refractivity contribution in [1.29, 1.82) is 0 Å². The summed E-state index contributed by atoms with van der Waals surface area (Å²) in [4.78, 5) is 16.5. The Morgan fingerprint density at radius 1 is 0.867 bits per heavy atom. The first kappa shape index (κ1) is 32.2. The molecule has 10 heteroatoms. The Morgan fingerprint density at radius 2 is 1.38 bits per heavy atom. The van der Waals surface area contributed by atoms with Crippen molar-refractivity contribution in [2.45, 2.75) is 67.9 Å². The minimum absolute atomic E-state index is 0.00838. The minimum Gasteiger partial charge on any atom is -0.493 e. The van der Waals surface area contributed by atoms with Gasteiger partial charge in [-0.05, 0) is 69.4 Å². The van der Waals surface area contributed by atoms with Gasteiger partial charge in [0.05, 0.1) is 36.5 Å². The van der Waals surface area contributed by atoms with Crippen LogP contribution in [-0.4, -0.2) is 85.7 Å². The monoisotopic (exact) mass is 656 g/mol. The van der Waals surface area contributed by atoms with Crippen molar-refractivity contribution in [3.05, 3.63) is 70.8 Å². The van der Waals surface area contributed by atoms with Crippen LogP contribution in [0.5, 0.6) is 23.0 Å². The molecule has 0 radical (unpaired) electrons. The number of methoxy groups -OCH3 is 2. The molecular formula is C35H42Cl2N2O6. The SMILES string of the molecule is COc1ccc2c3c1OC1CC(=O)C=CC31CCN(C)C2.COc1ccc2c3c1OC1CC(O)C=CC31CCN(C)C2.ClCCl. The smallest absolute Gasteiger partial charge is 0.166 e. The van der Waals surface area contributed by atoms with E-state index in [-0.39, 0.29) is 34.2 Å². The van der Waals surface area contributed by atoms with Gasteiger partial charge in [0, 0.05) is 37.1 Å². The summed E-state index contributed by atoms with van der Waals surface area (Å²) in [6.07, 6.45) is 10.5. The highest BCUT2D eigenvalue weighted by atomic mass is 35.5. The topological polar surface area (TPSA) is 80.7 Å². The van der Waals surface area contributed by atoms with Gasteiger partial charge >= 0.3 is 0 Å². The number of rotatable bonds is 2. The number of allylic oxidation sites excluding steroid dienone is 1. The van der Waals surface area contributed by atoms with Crippen molar-refractivity contribution in [3.63, 3.8) is 0 Å². The van der Waals surface area contributed by atoms with Crippen LogP contribution in [0, 0.1) is 0 Å². The molecule has 5 atom stereocenters. The third kappa shape index (κ3) is 5.52. The Morgan fingerprint density at radius 3 is 1.91 bits per heavy atom. The van der Waals surface area contributed by atoms with Crippen molar-refractivity contribution in [3.8, 4) is 23.0 Å². The van der Waals surface area contributed by atoms with E-state index in [1.54, 1.807) is 20.3 Å². The fourth-order valence-corrected chi connectivity index (χ4v) is 8.03. The molecule has 0 saturated carbocycles. The van der Waals surface area contributed by atoms with E-state index >= 15 is 0 Å². The molecule has 0 saturated heterocycles. The molecule has 0 amide bonds. The highest BCUT2D eigenvalue weighted by Crippen LogP contribution is 2.56. The van der Waals surface area contributed by atoms with Gasteiger partial charge in [0.1, 0.15) is 12.2 Å². The van der Waals surface area contributed by atoms with E-state index in [0.29, 0.717) is 12.8 Å². The maximum absolute atomic E-state index is 11.8. The average molecular weight is 658 g/mol. The second-order valence-corrected chi connectivity index (χ2v) is 13.6. The molecule has 4 heterocycles. The van der Waals surface area contributed by atoms with Crippen molar-refractivity contribution in [2.75, 3.05) is 46.7 Å². The standard InChI is InChI=1S/C17H21NO3.C17H19NO3.CH2Cl2/c2*1-18-8-7-17-6-5-12(19)9-14(17)21-16-13(20-2)4-3-11(10-18)15(16)17;2-1-3/h3-6,12,14,19H,7-10H2,1-2H3;3-6,14H,7-10H2,1-2H3;1H2. The summed E-state index contributed by atoms with van der Waals surface area (Å²) in [5.74, 6) is 3.45. The van der Waals surface area contributed by atoms with Crippen molar-refractivity contribution < 1.29 is 28.8 Å². The third-order valence-electron chi connectivity index (χ3n) is 10.2. The van der Waals surface area contributed by atoms with E-state index < -0.39 is 6.10 Å². The van der Waals surface area contributed by atoms with Gasteiger partial charge in [0.25, 0.3) is 0 Å². The van der Waals surface area contributed by atoms with Gasteiger partial charge in [-0.1, -0.05) is 30.4 Å². The normalized spacial score (nSPS) is 30.4. The molecular weight excluding hydrogens is 615 g/mol. The highest BCUT2D eigenvalue weighted by Gasteiger charge is 2.54. The fourth-order valence-electron chi connectivity index (χ4n) is 8.03. The molecule has 0 fully saturated rings. The molecule has 2 aliphatic carbocycles. The number of hydrogen-bond donors (Lipinski definition) is 1. The molecule has 2 aromatic carbocycles. The predicted octanol–water partition coefficient (Wildman–Crippen LogP) is 5.33. The zero-order valence-corrected chi connectivity index (χ0v) is 27.9. The number of carbonyl (C=O) groups excluding carboxylic acids is 1. The quantitative estimate of drug-likeness (QED) is 0.343. The molecule has 1 N–H and O–H groups in total. The Balaban J connectivity index is 0.000000146. The van der Waals surface area contributed by atoms with Crippen LogP contribution in [0.25, 0.3) is 0 Å². The Bertz CT molecular complexity index is 1510. The molecule has 242 valence electrons.